The van der Waals surface area contributed by atoms with Crippen LogP contribution in [0.5, 0.6) is 0 Å². The number of halogens is 4. The van der Waals surface area contributed by atoms with Crippen molar-refractivity contribution in [3.05, 3.63) is 23.5 Å². The Kier molecular flexibility index (Phi) is 6.66. The molecule has 1 atom stereocenters. The lowest BCUT2D eigenvalue weighted by molar-refractivity contribution is -0.116. The molecule has 12 heteroatoms. The van der Waals surface area contributed by atoms with E-state index >= 15 is 0 Å². The van der Waals surface area contributed by atoms with Crippen molar-refractivity contribution in [3.63, 3.8) is 0 Å². The highest BCUT2D eigenvalue weighted by atomic mass is 32.2. The number of hydrogen-bond donors (Lipinski definition) is 1. The first-order valence-corrected chi connectivity index (χ1v) is 9.81. The van der Waals surface area contributed by atoms with Gasteiger partial charge in [0.15, 0.2) is 0 Å². The van der Waals surface area contributed by atoms with Crippen LogP contribution < -0.4 is 10.2 Å². The number of rotatable bonds is 5. The minimum Gasteiger partial charge on any atom is -0.337 e. The molecule has 1 aromatic rings. The van der Waals surface area contributed by atoms with Gasteiger partial charge in [0.1, 0.15) is 18.1 Å². The molecule has 5 amide bonds. The fraction of sp³-hybridized carbons (Fsp3) is 0.471. The van der Waals surface area contributed by atoms with Crippen molar-refractivity contribution in [2.24, 2.45) is 5.92 Å². The van der Waals surface area contributed by atoms with Gasteiger partial charge >= 0.3 is 18.2 Å². The first-order chi connectivity index (χ1) is 13.3. The number of amides is 5. The van der Waals surface area contributed by atoms with Crippen LogP contribution in [0.15, 0.2) is 17.0 Å². The predicted molar refractivity (Wildman–Crippen MR) is 96.3 cm³/mol. The van der Waals surface area contributed by atoms with Gasteiger partial charge in [-0.3, -0.25) is 9.00 Å². The Labute approximate surface area is 166 Å². The molecule has 1 fully saturated rings. The zero-order chi connectivity index (χ0) is 22.1. The summed E-state index contributed by atoms with van der Waals surface area (Å²) in [6.07, 6.45) is -4.73. The van der Waals surface area contributed by atoms with E-state index in [1.807, 2.05) is 13.8 Å². The summed E-state index contributed by atoms with van der Waals surface area (Å²) in [6.45, 7) is 4.46. The van der Waals surface area contributed by atoms with Crippen LogP contribution in [0.25, 0.3) is 0 Å². The fourth-order valence-corrected chi connectivity index (χ4v) is 3.68. The minimum absolute atomic E-state index is 0.0283. The van der Waals surface area contributed by atoms with Gasteiger partial charge in [0, 0.05) is 11.4 Å². The molecule has 2 rings (SSSR count). The average Bonchev–Trinajstić information content (AvgIpc) is 2.86. The second-order valence-corrected chi connectivity index (χ2v) is 8.27. The van der Waals surface area contributed by atoms with Crippen LogP contribution in [0.3, 0.4) is 0 Å². The van der Waals surface area contributed by atoms with Gasteiger partial charge in [0.05, 0.1) is 16.5 Å². The zero-order valence-electron chi connectivity index (χ0n) is 15.8. The summed E-state index contributed by atoms with van der Waals surface area (Å²) in [6, 6.07) is -0.432. The molecule has 0 saturated carbocycles. The SMILES string of the molecule is Cc1cc(F)c(N2C(=O)CN(C(=O)NCC(C)C)C2=O)cc1S(=O)CC(F)(F)F. The molecular weight excluding hydrogens is 418 g/mol. The van der Waals surface area contributed by atoms with Crippen molar-refractivity contribution in [3.8, 4) is 0 Å². The van der Waals surface area contributed by atoms with Gasteiger partial charge in [0.2, 0.25) is 0 Å². The maximum absolute atomic E-state index is 14.4. The lowest BCUT2D eigenvalue weighted by Crippen LogP contribution is -2.44. The number of imide groups is 2. The molecule has 0 aliphatic carbocycles. The summed E-state index contributed by atoms with van der Waals surface area (Å²) in [5.41, 5.74) is -0.685. The molecule has 160 valence electrons. The number of aryl methyl sites for hydroxylation is 1. The van der Waals surface area contributed by atoms with E-state index in [1.165, 1.54) is 6.92 Å². The van der Waals surface area contributed by atoms with Crippen LogP contribution in [-0.4, -0.2) is 52.1 Å². The summed E-state index contributed by atoms with van der Waals surface area (Å²) in [4.78, 5) is 37.4. The summed E-state index contributed by atoms with van der Waals surface area (Å²) in [7, 11) is -2.57. The van der Waals surface area contributed by atoms with Gasteiger partial charge in [-0.1, -0.05) is 13.8 Å². The van der Waals surface area contributed by atoms with E-state index in [0.29, 0.717) is 9.80 Å². The van der Waals surface area contributed by atoms with Gasteiger partial charge in [-0.15, -0.1) is 0 Å². The zero-order valence-corrected chi connectivity index (χ0v) is 16.6. The van der Waals surface area contributed by atoms with E-state index < -0.39 is 58.7 Å². The van der Waals surface area contributed by atoms with E-state index in [4.69, 9.17) is 0 Å². The smallest absolute Gasteiger partial charge is 0.337 e. The quantitative estimate of drug-likeness (QED) is 0.567. The monoisotopic (exact) mass is 437 g/mol. The van der Waals surface area contributed by atoms with Crippen LogP contribution in [0.1, 0.15) is 19.4 Å². The third-order valence-corrected chi connectivity index (χ3v) is 5.42. The summed E-state index contributed by atoms with van der Waals surface area (Å²) in [5.74, 6) is -3.60. The van der Waals surface area contributed by atoms with E-state index in [0.717, 1.165) is 12.1 Å². The first kappa shape index (κ1) is 22.8. The topological polar surface area (TPSA) is 86.8 Å². The van der Waals surface area contributed by atoms with Crippen molar-refractivity contribution >= 4 is 34.5 Å². The maximum Gasteiger partial charge on any atom is 0.400 e. The van der Waals surface area contributed by atoms with Gasteiger partial charge in [-0.25, -0.2) is 23.8 Å². The molecule has 1 aromatic carbocycles. The van der Waals surface area contributed by atoms with Gasteiger partial charge < -0.3 is 5.32 Å². The number of nitrogens with zero attached hydrogens (tertiary/aromatic N) is 2. The second kappa shape index (κ2) is 8.47. The predicted octanol–water partition coefficient (Wildman–Crippen LogP) is 2.94. The number of nitrogens with one attached hydrogen (secondary N) is 1. The highest BCUT2D eigenvalue weighted by molar-refractivity contribution is 7.85. The van der Waals surface area contributed by atoms with E-state index in [2.05, 4.69) is 5.32 Å². The molecule has 1 aliphatic rings. The van der Waals surface area contributed by atoms with Crippen molar-refractivity contribution in [1.29, 1.82) is 0 Å². The standard InChI is InChI=1S/C17H19F4N3O4S/c1-9(2)6-22-15(26)23-7-14(25)24(16(23)27)12-5-13(10(3)4-11(12)18)29(28)8-17(19,20)21/h4-5,9H,6-8H2,1-3H3,(H,22,26). The Morgan fingerprint density at radius 2 is 1.90 bits per heavy atom. The maximum atomic E-state index is 14.4. The molecule has 0 aromatic heterocycles. The summed E-state index contributed by atoms with van der Waals surface area (Å²) >= 11 is 0. The number of urea groups is 2. The molecule has 0 radical (unpaired) electrons. The normalized spacial score (nSPS) is 16.0. The molecule has 7 nitrogen and oxygen atoms in total. The van der Waals surface area contributed by atoms with Crippen LogP contribution in [-0.2, 0) is 15.6 Å². The third-order valence-electron chi connectivity index (χ3n) is 3.90. The number of benzene rings is 1. The minimum atomic E-state index is -4.73. The van der Waals surface area contributed by atoms with Crippen LogP contribution in [0.2, 0.25) is 0 Å². The number of carbonyl (C=O) groups excluding carboxylic acids is 3. The van der Waals surface area contributed by atoms with Crippen molar-refractivity contribution in [2.75, 3.05) is 23.7 Å². The molecule has 1 aliphatic heterocycles. The molecular formula is C17H19F4N3O4S. The van der Waals surface area contributed by atoms with Gasteiger partial charge in [0.25, 0.3) is 5.91 Å². The molecule has 0 spiro atoms. The van der Waals surface area contributed by atoms with Crippen LogP contribution in [0, 0.1) is 18.7 Å². The Balaban J connectivity index is 2.35. The van der Waals surface area contributed by atoms with Gasteiger partial charge in [-0.2, -0.15) is 13.2 Å². The highest BCUT2D eigenvalue weighted by Crippen LogP contribution is 2.30. The molecule has 1 heterocycles. The number of hydrogen-bond acceptors (Lipinski definition) is 4. The second-order valence-electron chi connectivity index (χ2n) is 6.85. The Bertz CT molecular complexity index is 873. The largest absolute Gasteiger partial charge is 0.400 e. The average molecular weight is 437 g/mol. The first-order valence-electron chi connectivity index (χ1n) is 8.49. The number of alkyl halides is 3. The summed E-state index contributed by atoms with van der Waals surface area (Å²) in [5, 5.41) is 2.45. The Morgan fingerprint density at radius 1 is 1.28 bits per heavy atom. The summed E-state index contributed by atoms with van der Waals surface area (Å²) < 4.78 is 64.2. The molecule has 0 bridgehead atoms. The molecule has 1 N–H and O–H groups in total. The Morgan fingerprint density at radius 3 is 2.45 bits per heavy atom. The lowest BCUT2D eigenvalue weighted by atomic mass is 10.2. The van der Waals surface area contributed by atoms with Crippen LogP contribution in [0.4, 0.5) is 32.8 Å². The molecule has 1 saturated heterocycles. The van der Waals surface area contributed by atoms with Gasteiger partial charge in [-0.05, 0) is 30.5 Å². The van der Waals surface area contributed by atoms with E-state index in [9.17, 15) is 36.2 Å². The molecule has 29 heavy (non-hydrogen) atoms. The van der Waals surface area contributed by atoms with Crippen molar-refractivity contribution in [2.45, 2.75) is 31.8 Å². The number of carbonyl (C=O) groups is 3. The highest BCUT2D eigenvalue weighted by Gasteiger charge is 2.42. The lowest BCUT2D eigenvalue weighted by Gasteiger charge is -2.19. The van der Waals surface area contributed by atoms with Crippen LogP contribution >= 0.6 is 0 Å². The number of anilines is 1. The van der Waals surface area contributed by atoms with E-state index in [1.54, 1.807) is 0 Å². The molecule has 1 unspecified atom stereocenters. The third kappa shape index (κ3) is 5.31. The Hall–Kier alpha value is -2.50. The fourth-order valence-electron chi connectivity index (χ4n) is 2.57. The van der Waals surface area contributed by atoms with E-state index in [-0.39, 0.29) is 22.9 Å². The van der Waals surface area contributed by atoms with Crippen molar-refractivity contribution in [1.82, 2.24) is 10.2 Å². The van der Waals surface area contributed by atoms with Crippen molar-refractivity contribution < 1.29 is 36.2 Å².